The van der Waals surface area contributed by atoms with Gasteiger partial charge in [-0.2, -0.15) is 13.2 Å². The molecule has 37 heavy (non-hydrogen) atoms. The Morgan fingerprint density at radius 1 is 1.14 bits per heavy atom. The molecule has 0 bridgehead atoms. The predicted molar refractivity (Wildman–Crippen MR) is 130 cm³/mol. The van der Waals surface area contributed by atoms with Gasteiger partial charge in [0.15, 0.2) is 0 Å². The van der Waals surface area contributed by atoms with Crippen molar-refractivity contribution in [1.82, 2.24) is 0 Å². The van der Waals surface area contributed by atoms with Crippen LogP contribution < -0.4 is 4.90 Å². The van der Waals surface area contributed by atoms with Gasteiger partial charge in [-0.1, -0.05) is 32.0 Å². The van der Waals surface area contributed by atoms with Gasteiger partial charge < -0.3 is 14.4 Å². The minimum absolute atomic E-state index is 0.0866. The molecule has 0 radical (unpaired) electrons. The second kappa shape index (κ2) is 10.1. The number of hydrogen-bond donors (Lipinski definition) is 0. The van der Waals surface area contributed by atoms with Crippen molar-refractivity contribution in [3.63, 3.8) is 0 Å². The lowest BCUT2D eigenvalue weighted by atomic mass is 9.75. The van der Waals surface area contributed by atoms with E-state index < -0.39 is 23.6 Å². The topological polar surface area (TPSA) is 55.8 Å². The molecule has 1 spiro atoms. The molecule has 1 saturated carbocycles. The van der Waals surface area contributed by atoms with Gasteiger partial charge in [-0.3, -0.25) is 9.59 Å². The third kappa shape index (κ3) is 5.10. The Balaban J connectivity index is 1.71. The number of hydrogen-bond acceptors (Lipinski definition) is 4. The summed E-state index contributed by atoms with van der Waals surface area (Å²) >= 11 is 0. The van der Waals surface area contributed by atoms with E-state index in [1.54, 1.807) is 24.3 Å². The fraction of sp³-hybridized carbons (Fsp3) is 0.500. The Labute approximate surface area is 213 Å². The standard InChI is InChI=1S/C28H31F4NO4/c1-16(2)21-10-9-20(33(3)26(35)28(30,31)32)13-23(21)18-14-27(37-15-18)12-11-22(25(34)36-4)24(27)17-5-7-19(29)8-6-17/h5-10,13,16,18,22,24H,11-12,14-15H2,1-4H3/t18?,22?,24-,27-/m1/s1. The van der Waals surface area contributed by atoms with Crippen LogP contribution in [-0.2, 0) is 19.1 Å². The number of anilines is 1. The van der Waals surface area contributed by atoms with Gasteiger partial charge in [0.2, 0.25) is 0 Å². The summed E-state index contributed by atoms with van der Waals surface area (Å²) in [6.07, 6.45) is -3.32. The van der Waals surface area contributed by atoms with Crippen LogP contribution in [0.2, 0.25) is 0 Å². The summed E-state index contributed by atoms with van der Waals surface area (Å²) in [4.78, 5) is 25.2. The molecule has 1 aliphatic heterocycles. The van der Waals surface area contributed by atoms with Gasteiger partial charge in [-0.15, -0.1) is 0 Å². The monoisotopic (exact) mass is 521 g/mol. The Morgan fingerprint density at radius 2 is 1.81 bits per heavy atom. The molecule has 2 aromatic carbocycles. The van der Waals surface area contributed by atoms with Crippen molar-refractivity contribution in [3.05, 3.63) is 65.0 Å². The molecule has 200 valence electrons. The number of methoxy groups -OCH3 is 1. The average Bonchev–Trinajstić information content (AvgIpc) is 3.46. The van der Waals surface area contributed by atoms with Crippen molar-refractivity contribution in [3.8, 4) is 0 Å². The molecule has 1 heterocycles. The Kier molecular flexibility index (Phi) is 7.38. The molecule has 2 fully saturated rings. The Morgan fingerprint density at radius 3 is 2.41 bits per heavy atom. The zero-order valence-electron chi connectivity index (χ0n) is 21.3. The smallest absolute Gasteiger partial charge is 0.469 e. The van der Waals surface area contributed by atoms with Crippen LogP contribution in [0.1, 0.15) is 67.6 Å². The molecule has 9 heteroatoms. The number of amides is 1. The molecule has 2 unspecified atom stereocenters. The van der Waals surface area contributed by atoms with E-state index in [0.717, 1.165) is 23.7 Å². The number of esters is 1. The highest BCUT2D eigenvalue weighted by Crippen LogP contribution is 2.57. The first-order chi connectivity index (χ1) is 17.4. The third-order valence-electron chi connectivity index (χ3n) is 7.81. The molecule has 2 aliphatic rings. The minimum atomic E-state index is -4.98. The Hall–Kier alpha value is -2.94. The fourth-order valence-electron chi connectivity index (χ4n) is 6.05. The van der Waals surface area contributed by atoms with Crippen LogP contribution in [0.5, 0.6) is 0 Å². The average molecular weight is 522 g/mol. The van der Waals surface area contributed by atoms with Gasteiger partial charge in [0.05, 0.1) is 25.2 Å². The highest BCUT2D eigenvalue weighted by molar-refractivity contribution is 5.96. The highest BCUT2D eigenvalue weighted by atomic mass is 19.4. The highest BCUT2D eigenvalue weighted by Gasteiger charge is 2.56. The number of alkyl halides is 3. The van der Waals surface area contributed by atoms with E-state index >= 15 is 0 Å². The van der Waals surface area contributed by atoms with Gasteiger partial charge in [-0.25, -0.2) is 4.39 Å². The first-order valence-corrected chi connectivity index (χ1v) is 12.3. The number of halogens is 4. The summed E-state index contributed by atoms with van der Waals surface area (Å²) in [6.45, 7) is 4.31. The van der Waals surface area contributed by atoms with Gasteiger partial charge >= 0.3 is 18.1 Å². The summed E-state index contributed by atoms with van der Waals surface area (Å²) in [5.74, 6) is -3.56. The third-order valence-corrected chi connectivity index (χ3v) is 7.81. The molecular formula is C28H31F4NO4. The quantitative estimate of drug-likeness (QED) is 0.353. The predicted octanol–water partition coefficient (Wildman–Crippen LogP) is 6.08. The normalized spacial score (nSPS) is 25.6. The van der Waals surface area contributed by atoms with Gasteiger partial charge in [-0.05, 0) is 66.1 Å². The van der Waals surface area contributed by atoms with Crippen LogP contribution in [0.15, 0.2) is 42.5 Å². The number of nitrogens with zero attached hydrogens (tertiary/aromatic N) is 1. The summed E-state index contributed by atoms with van der Waals surface area (Å²) < 4.78 is 64.5. The van der Waals surface area contributed by atoms with E-state index in [9.17, 15) is 27.2 Å². The molecule has 1 aliphatic carbocycles. The summed E-state index contributed by atoms with van der Waals surface area (Å²) in [6, 6.07) is 11.0. The number of rotatable bonds is 5. The van der Waals surface area contributed by atoms with Crippen molar-refractivity contribution in [2.24, 2.45) is 5.92 Å². The number of benzene rings is 2. The zero-order valence-corrected chi connectivity index (χ0v) is 21.3. The summed E-state index contributed by atoms with van der Waals surface area (Å²) in [5, 5.41) is 0. The molecule has 1 amide bonds. The maximum atomic E-state index is 13.7. The van der Waals surface area contributed by atoms with Crippen molar-refractivity contribution in [2.75, 3.05) is 25.7 Å². The second-order valence-electron chi connectivity index (χ2n) is 10.3. The van der Waals surface area contributed by atoms with Crippen molar-refractivity contribution >= 4 is 17.6 Å². The lowest BCUT2D eigenvalue weighted by molar-refractivity contribution is -0.170. The number of carbonyl (C=O) groups excluding carboxylic acids is 2. The maximum absolute atomic E-state index is 13.7. The van der Waals surface area contributed by atoms with Crippen LogP contribution in [0.3, 0.4) is 0 Å². The Bertz CT molecular complexity index is 1160. The van der Waals surface area contributed by atoms with Crippen LogP contribution in [0, 0.1) is 11.7 Å². The van der Waals surface area contributed by atoms with E-state index in [1.807, 2.05) is 13.8 Å². The van der Waals surface area contributed by atoms with Gasteiger partial charge in [0.1, 0.15) is 5.82 Å². The summed E-state index contributed by atoms with van der Waals surface area (Å²) in [7, 11) is 2.45. The molecule has 4 rings (SSSR count). The van der Waals surface area contributed by atoms with Crippen LogP contribution in [0.4, 0.5) is 23.2 Å². The molecule has 1 saturated heterocycles. The molecule has 4 atom stereocenters. The van der Waals surface area contributed by atoms with Crippen LogP contribution in [-0.4, -0.2) is 44.4 Å². The molecular weight excluding hydrogens is 490 g/mol. The zero-order chi connectivity index (χ0) is 27.1. The van der Waals surface area contributed by atoms with Gasteiger partial charge in [0.25, 0.3) is 0 Å². The minimum Gasteiger partial charge on any atom is -0.469 e. The van der Waals surface area contributed by atoms with E-state index in [4.69, 9.17) is 9.47 Å². The molecule has 0 aromatic heterocycles. The largest absolute Gasteiger partial charge is 0.471 e. The van der Waals surface area contributed by atoms with Crippen LogP contribution >= 0.6 is 0 Å². The lowest BCUT2D eigenvalue weighted by Crippen LogP contribution is -2.38. The van der Waals surface area contributed by atoms with Crippen molar-refractivity contribution < 1.29 is 36.6 Å². The van der Waals surface area contributed by atoms with Crippen molar-refractivity contribution in [1.29, 1.82) is 0 Å². The molecule has 2 aromatic rings. The first-order valence-electron chi connectivity index (χ1n) is 12.3. The van der Waals surface area contributed by atoms with Crippen molar-refractivity contribution in [2.45, 2.75) is 62.6 Å². The lowest BCUT2D eigenvalue weighted by Gasteiger charge is -2.33. The second-order valence-corrected chi connectivity index (χ2v) is 10.3. The van der Waals surface area contributed by atoms with Gasteiger partial charge in [0, 0.05) is 24.6 Å². The molecule has 5 nitrogen and oxygen atoms in total. The SMILES string of the molecule is COC(=O)C1CC[C@@]2(CC(c3cc(N(C)C(=O)C(F)(F)F)ccc3C(C)C)CO2)[C@@H]1c1ccc(F)cc1. The maximum Gasteiger partial charge on any atom is 0.471 e. The number of ether oxygens (including phenoxy) is 2. The van der Waals surface area contributed by atoms with E-state index in [1.165, 1.54) is 25.3 Å². The van der Waals surface area contributed by atoms with Crippen LogP contribution in [0.25, 0.3) is 0 Å². The number of carbonyl (C=O) groups is 2. The van der Waals surface area contributed by atoms with E-state index in [0.29, 0.717) is 30.8 Å². The fourth-order valence-corrected chi connectivity index (χ4v) is 6.05. The van der Waals surface area contributed by atoms with E-state index in [-0.39, 0.29) is 35.2 Å². The first kappa shape index (κ1) is 27.1. The summed E-state index contributed by atoms with van der Waals surface area (Å²) in [5.41, 5.74) is 2.01. The molecule has 0 N–H and O–H groups in total. The van der Waals surface area contributed by atoms with E-state index in [2.05, 4.69) is 0 Å².